The van der Waals surface area contributed by atoms with E-state index in [1.165, 1.54) is 0 Å². The van der Waals surface area contributed by atoms with Crippen LogP contribution in [0.3, 0.4) is 0 Å². The molecule has 1 aromatic carbocycles. The van der Waals surface area contributed by atoms with Crippen molar-refractivity contribution in [3.8, 4) is 5.75 Å². The van der Waals surface area contributed by atoms with E-state index in [9.17, 15) is 10.1 Å². The lowest BCUT2D eigenvalue weighted by Crippen LogP contribution is -2.29. The molecule has 0 spiro atoms. The Morgan fingerprint density at radius 2 is 1.91 bits per heavy atom. The Hall–Kier alpha value is -1.82. The van der Waals surface area contributed by atoms with Crippen LogP contribution in [0.1, 0.15) is 25.3 Å². The van der Waals surface area contributed by atoms with Gasteiger partial charge in [-0.3, -0.25) is 10.1 Å². The van der Waals surface area contributed by atoms with Crippen molar-refractivity contribution < 1.29 is 9.66 Å². The van der Waals surface area contributed by atoms with Crippen LogP contribution in [0, 0.1) is 10.1 Å². The highest BCUT2D eigenvalue weighted by Gasteiger charge is 2.21. The minimum Gasteiger partial charge on any atom is -0.496 e. The largest absolute Gasteiger partial charge is 0.496 e. The Balaban J connectivity index is 3.16. The summed E-state index contributed by atoms with van der Waals surface area (Å²) in [5.74, 6) is 0.728. The van der Waals surface area contributed by atoms with Gasteiger partial charge in [0.25, 0.3) is 5.69 Å². The van der Waals surface area contributed by atoms with Crippen molar-refractivity contribution >= 4 is 11.4 Å². The molecule has 0 aliphatic carbocycles. The maximum absolute atomic E-state index is 11.4. The molecule has 0 atom stereocenters. The monoisotopic (exact) mass is 309 g/mol. The zero-order chi connectivity index (χ0) is 16.7. The molecule has 0 unspecified atom stereocenters. The van der Waals surface area contributed by atoms with Crippen LogP contribution in [-0.2, 0) is 6.42 Å². The fourth-order valence-corrected chi connectivity index (χ4v) is 2.28. The zero-order valence-corrected chi connectivity index (χ0v) is 14.3. The van der Waals surface area contributed by atoms with Gasteiger partial charge in [0, 0.05) is 37.8 Å². The van der Waals surface area contributed by atoms with Gasteiger partial charge in [0.05, 0.1) is 12.0 Å². The van der Waals surface area contributed by atoms with Gasteiger partial charge in [-0.15, -0.1) is 0 Å². The average molecular weight is 309 g/mol. The van der Waals surface area contributed by atoms with Crippen LogP contribution in [-0.4, -0.2) is 51.2 Å². The molecular formula is C16H27N3O3. The predicted molar refractivity (Wildman–Crippen MR) is 90.1 cm³/mol. The van der Waals surface area contributed by atoms with Crippen LogP contribution in [0.25, 0.3) is 0 Å². The van der Waals surface area contributed by atoms with Crippen LogP contribution in [0.5, 0.6) is 5.75 Å². The molecule has 0 aliphatic rings. The van der Waals surface area contributed by atoms with Gasteiger partial charge in [-0.1, -0.05) is 13.3 Å². The molecule has 0 saturated carbocycles. The first-order valence-electron chi connectivity index (χ1n) is 7.61. The highest BCUT2D eigenvalue weighted by Crippen LogP contribution is 2.35. The first-order valence-corrected chi connectivity index (χ1v) is 7.61. The highest BCUT2D eigenvalue weighted by molar-refractivity contribution is 5.67. The quantitative estimate of drug-likeness (QED) is 0.518. The van der Waals surface area contributed by atoms with E-state index >= 15 is 0 Å². The third kappa shape index (κ3) is 4.87. The summed E-state index contributed by atoms with van der Waals surface area (Å²) in [7, 11) is 7.45. The summed E-state index contributed by atoms with van der Waals surface area (Å²) in [6.07, 6.45) is 2.83. The van der Waals surface area contributed by atoms with Gasteiger partial charge in [0.15, 0.2) is 0 Å². The van der Waals surface area contributed by atoms with Gasteiger partial charge in [-0.2, -0.15) is 0 Å². The lowest BCUT2D eigenvalue weighted by Gasteiger charge is -2.22. The van der Waals surface area contributed by atoms with E-state index in [1.54, 1.807) is 19.2 Å². The minimum atomic E-state index is -0.309. The van der Waals surface area contributed by atoms with Crippen molar-refractivity contribution in [3.63, 3.8) is 0 Å². The molecule has 0 N–H and O–H groups in total. The molecule has 0 aromatic heterocycles. The number of methoxy groups -OCH3 is 1. The third-order valence-electron chi connectivity index (χ3n) is 3.67. The van der Waals surface area contributed by atoms with Crippen molar-refractivity contribution in [1.82, 2.24) is 4.90 Å². The van der Waals surface area contributed by atoms with Crippen LogP contribution in [0.4, 0.5) is 11.4 Å². The molecule has 0 aliphatic heterocycles. The molecule has 1 rings (SSSR count). The van der Waals surface area contributed by atoms with Crippen LogP contribution >= 0.6 is 0 Å². The number of nitrogens with zero attached hydrogens (tertiary/aromatic N) is 3. The van der Waals surface area contributed by atoms with E-state index in [0.29, 0.717) is 12.2 Å². The summed E-state index contributed by atoms with van der Waals surface area (Å²) in [6.45, 7) is 3.64. The van der Waals surface area contributed by atoms with Crippen molar-refractivity contribution in [3.05, 3.63) is 27.8 Å². The number of hydrogen-bond donors (Lipinski definition) is 0. The zero-order valence-electron chi connectivity index (χ0n) is 14.3. The number of anilines is 1. The second kappa shape index (κ2) is 8.58. The number of nitro benzene ring substituents is 1. The maximum atomic E-state index is 11.4. The fraction of sp³-hybridized carbons (Fsp3) is 0.625. The van der Waals surface area contributed by atoms with Crippen molar-refractivity contribution in [1.29, 1.82) is 0 Å². The molecule has 22 heavy (non-hydrogen) atoms. The Morgan fingerprint density at radius 1 is 1.23 bits per heavy atom. The first kappa shape index (κ1) is 18.2. The normalized spacial score (nSPS) is 10.8. The Labute approximate surface area is 132 Å². The SMILES string of the molecule is CCCCc1cc([N+](=O)[O-])c(N(C)CCN(C)C)cc1OC. The fourth-order valence-electron chi connectivity index (χ4n) is 2.28. The highest BCUT2D eigenvalue weighted by atomic mass is 16.6. The van der Waals surface area contributed by atoms with Gasteiger partial charge in [0.1, 0.15) is 11.4 Å². The molecule has 0 bridgehead atoms. The van der Waals surface area contributed by atoms with Crippen molar-refractivity contribution in [2.75, 3.05) is 46.2 Å². The summed E-state index contributed by atoms with van der Waals surface area (Å²) in [6, 6.07) is 3.45. The molecule has 0 saturated heterocycles. The van der Waals surface area contributed by atoms with Crippen molar-refractivity contribution in [2.45, 2.75) is 26.2 Å². The predicted octanol–water partition coefficient (Wildman–Crippen LogP) is 2.94. The Kier molecular flexibility index (Phi) is 7.11. The van der Waals surface area contributed by atoms with Crippen LogP contribution in [0.2, 0.25) is 0 Å². The second-order valence-corrected chi connectivity index (χ2v) is 5.74. The number of aryl methyl sites for hydroxylation is 1. The standard InChI is InChI=1S/C16H27N3O3/c1-6-7-8-13-11-15(19(20)21)14(12-16(13)22-5)18(4)10-9-17(2)3/h11-12H,6-10H2,1-5H3. The molecule has 6 nitrogen and oxygen atoms in total. The van der Waals surface area contributed by atoms with Gasteiger partial charge in [-0.25, -0.2) is 0 Å². The smallest absolute Gasteiger partial charge is 0.293 e. The molecule has 124 valence electrons. The third-order valence-corrected chi connectivity index (χ3v) is 3.67. The average Bonchev–Trinajstić information content (AvgIpc) is 2.49. The van der Waals surface area contributed by atoms with E-state index in [2.05, 4.69) is 11.8 Å². The van der Waals surface area contributed by atoms with Gasteiger partial charge < -0.3 is 14.5 Å². The summed E-state index contributed by atoms with van der Waals surface area (Å²) < 4.78 is 5.43. The van der Waals surface area contributed by atoms with Crippen molar-refractivity contribution in [2.24, 2.45) is 0 Å². The van der Waals surface area contributed by atoms with Crippen LogP contribution in [0.15, 0.2) is 12.1 Å². The summed E-state index contributed by atoms with van der Waals surface area (Å²) >= 11 is 0. The molecule has 0 fully saturated rings. The number of benzene rings is 1. The molecule has 1 aromatic rings. The first-order chi connectivity index (χ1) is 10.4. The minimum absolute atomic E-state index is 0.146. The Bertz CT molecular complexity index is 504. The summed E-state index contributed by atoms with van der Waals surface area (Å²) in [5, 5.41) is 11.4. The molecule has 0 radical (unpaired) electrons. The van der Waals surface area contributed by atoms with Gasteiger partial charge >= 0.3 is 0 Å². The van der Waals surface area contributed by atoms with E-state index in [4.69, 9.17) is 4.74 Å². The lowest BCUT2D eigenvalue weighted by molar-refractivity contribution is -0.384. The van der Waals surface area contributed by atoms with Crippen LogP contribution < -0.4 is 9.64 Å². The van der Waals surface area contributed by atoms with E-state index < -0.39 is 0 Å². The molecule has 6 heteroatoms. The van der Waals surface area contributed by atoms with E-state index in [-0.39, 0.29) is 10.6 Å². The number of ether oxygens (including phenoxy) is 1. The lowest BCUT2D eigenvalue weighted by atomic mass is 10.0. The van der Waals surface area contributed by atoms with Gasteiger partial charge in [0.2, 0.25) is 0 Å². The maximum Gasteiger partial charge on any atom is 0.293 e. The summed E-state index contributed by atoms with van der Waals surface area (Å²) in [4.78, 5) is 15.1. The molecule has 0 heterocycles. The number of nitro groups is 1. The number of rotatable bonds is 9. The Morgan fingerprint density at radius 3 is 2.41 bits per heavy atom. The van der Waals surface area contributed by atoms with Gasteiger partial charge in [-0.05, 0) is 26.9 Å². The molecule has 0 amide bonds. The molecular weight excluding hydrogens is 282 g/mol. The second-order valence-electron chi connectivity index (χ2n) is 5.74. The number of hydrogen-bond acceptors (Lipinski definition) is 5. The topological polar surface area (TPSA) is 58.9 Å². The van der Waals surface area contributed by atoms with E-state index in [1.807, 2.05) is 26.0 Å². The summed E-state index contributed by atoms with van der Waals surface area (Å²) in [5.41, 5.74) is 1.65. The number of unbranched alkanes of at least 4 members (excludes halogenated alkanes) is 1. The van der Waals surface area contributed by atoms with E-state index in [0.717, 1.165) is 37.1 Å². The number of likely N-dealkylation sites (N-methyl/N-ethyl adjacent to an activating group) is 2.